The summed E-state index contributed by atoms with van der Waals surface area (Å²) in [5, 5.41) is 0. The third-order valence-corrected chi connectivity index (χ3v) is 5.33. The predicted molar refractivity (Wildman–Crippen MR) is 85.0 cm³/mol. The molecule has 1 aliphatic heterocycles. The lowest BCUT2D eigenvalue weighted by Crippen LogP contribution is -2.62. The van der Waals surface area contributed by atoms with Crippen molar-refractivity contribution in [2.45, 2.75) is 63.5 Å². The summed E-state index contributed by atoms with van der Waals surface area (Å²) >= 11 is 0. The van der Waals surface area contributed by atoms with E-state index in [1.54, 1.807) is 4.90 Å². The summed E-state index contributed by atoms with van der Waals surface area (Å²) < 4.78 is 31.8. The molecule has 0 aromatic heterocycles. The van der Waals surface area contributed by atoms with Crippen LogP contribution >= 0.6 is 0 Å². The minimum Gasteiger partial charge on any atom is -0.377 e. The average molecular weight is 332 g/mol. The van der Waals surface area contributed by atoms with Crippen LogP contribution in [0.3, 0.4) is 0 Å². The fourth-order valence-corrected chi connectivity index (χ4v) is 4.67. The number of likely N-dealkylation sites (tertiary alicyclic amines) is 1. The van der Waals surface area contributed by atoms with E-state index in [-0.39, 0.29) is 12.0 Å². The first kappa shape index (κ1) is 17.7. The Labute approximate surface area is 133 Å². The lowest BCUT2D eigenvalue weighted by atomic mass is 9.81. The van der Waals surface area contributed by atoms with Crippen molar-refractivity contribution in [3.8, 4) is 0 Å². The summed E-state index contributed by atoms with van der Waals surface area (Å²) in [5.74, 6) is -0.0676. The van der Waals surface area contributed by atoms with Gasteiger partial charge in [-0.3, -0.25) is 4.79 Å². The standard InChI is InChI=1S/C15H28N2O4S/c1-3-21-13-8-7-11-17(12-13)14(18)15(16-22(2,19)20)9-5-4-6-10-15/h13,16H,3-12H2,1-2H3/t13-/m0/s1. The number of rotatable bonds is 5. The van der Waals surface area contributed by atoms with E-state index in [4.69, 9.17) is 4.74 Å². The van der Waals surface area contributed by atoms with Crippen LogP contribution in [0.5, 0.6) is 0 Å². The van der Waals surface area contributed by atoms with Gasteiger partial charge in [0.2, 0.25) is 15.9 Å². The van der Waals surface area contributed by atoms with Crippen LogP contribution < -0.4 is 4.72 Å². The molecule has 0 spiro atoms. The molecule has 1 N–H and O–H groups in total. The van der Waals surface area contributed by atoms with Crippen molar-refractivity contribution in [3.63, 3.8) is 0 Å². The van der Waals surface area contributed by atoms with Crippen LogP contribution in [0.4, 0.5) is 0 Å². The van der Waals surface area contributed by atoms with Gasteiger partial charge in [-0.2, -0.15) is 4.72 Å². The van der Waals surface area contributed by atoms with Gasteiger partial charge in [0.15, 0.2) is 0 Å². The van der Waals surface area contributed by atoms with E-state index in [0.717, 1.165) is 38.4 Å². The number of nitrogens with zero attached hydrogens (tertiary/aromatic N) is 1. The molecule has 0 aromatic carbocycles. The zero-order valence-electron chi connectivity index (χ0n) is 13.6. The predicted octanol–water partition coefficient (Wildman–Crippen LogP) is 1.27. The zero-order chi connectivity index (χ0) is 16.2. The second kappa shape index (κ2) is 7.27. The quantitative estimate of drug-likeness (QED) is 0.822. The topological polar surface area (TPSA) is 75.7 Å². The molecular formula is C15H28N2O4S. The van der Waals surface area contributed by atoms with E-state index in [2.05, 4.69) is 4.72 Å². The summed E-state index contributed by atoms with van der Waals surface area (Å²) in [6.07, 6.45) is 7.09. The van der Waals surface area contributed by atoms with E-state index in [0.29, 0.717) is 32.5 Å². The molecule has 128 valence electrons. The third kappa shape index (κ3) is 4.43. The molecule has 1 atom stereocenters. The van der Waals surface area contributed by atoms with Crippen LogP contribution in [0, 0.1) is 0 Å². The molecule has 0 aromatic rings. The highest BCUT2D eigenvalue weighted by Crippen LogP contribution is 2.31. The number of carbonyl (C=O) groups is 1. The van der Waals surface area contributed by atoms with Crippen molar-refractivity contribution in [3.05, 3.63) is 0 Å². The summed E-state index contributed by atoms with van der Waals surface area (Å²) in [5.41, 5.74) is -0.945. The number of hydrogen-bond acceptors (Lipinski definition) is 4. The van der Waals surface area contributed by atoms with Gasteiger partial charge in [0.05, 0.1) is 12.4 Å². The largest absolute Gasteiger partial charge is 0.377 e. The van der Waals surface area contributed by atoms with Crippen molar-refractivity contribution < 1.29 is 17.9 Å². The summed E-state index contributed by atoms with van der Waals surface area (Å²) in [6, 6.07) is 0. The van der Waals surface area contributed by atoms with E-state index in [1.165, 1.54) is 0 Å². The van der Waals surface area contributed by atoms with Crippen LogP contribution in [0.1, 0.15) is 51.9 Å². The number of sulfonamides is 1. The second-order valence-electron chi connectivity index (χ2n) is 6.49. The molecule has 1 saturated carbocycles. The summed E-state index contributed by atoms with van der Waals surface area (Å²) in [4.78, 5) is 14.8. The molecule has 2 fully saturated rings. The molecule has 1 aliphatic carbocycles. The summed E-state index contributed by atoms with van der Waals surface area (Å²) in [7, 11) is -3.42. The molecular weight excluding hydrogens is 304 g/mol. The molecule has 1 heterocycles. The maximum atomic E-state index is 13.0. The Hall–Kier alpha value is -0.660. The fraction of sp³-hybridized carbons (Fsp3) is 0.933. The number of nitrogens with one attached hydrogen (secondary N) is 1. The van der Waals surface area contributed by atoms with Crippen molar-refractivity contribution in [1.29, 1.82) is 0 Å². The third-order valence-electron chi connectivity index (χ3n) is 4.56. The fourth-order valence-electron chi connectivity index (χ4n) is 3.67. The Morgan fingerprint density at radius 1 is 1.27 bits per heavy atom. The molecule has 22 heavy (non-hydrogen) atoms. The maximum absolute atomic E-state index is 13.0. The average Bonchev–Trinajstić information content (AvgIpc) is 2.46. The zero-order valence-corrected chi connectivity index (χ0v) is 14.5. The molecule has 1 saturated heterocycles. The lowest BCUT2D eigenvalue weighted by molar-refractivity contribution is -0.143. The number of ether oxygens (including phenoxy) is 1. The summed E-state index contributed by atoms with van der Waals surface area (Å²) in [6.45, 7) is 3.85. The Morgan fingerprint density at radius 3 is 2.55 bits per heavy atom. The van der Waals surface area contributed by atoms with E-state index >= 15 is 0 Å². The highest BCUT2D eigenvalue weighted by Gasteiger charge is 2.44. The Balaban J connectivity index is 2.14. The van der Waals surface area contributed by atoms with Gasteiger partial charge in [-0.15, -0.1) is 0 Å². The molecule has 0 unspecified atom stereocenters. The first-order chi connectivity index (χ1) is 10.4. The van der Waals surface area contributed by atoms with Crippen LogP contribution in [-0.4, -0.2) is 56.8 Å². The molecule has 1 amide bonds. The van der Waals surface area contributed by atoms with Crippen molar-refractivity contribution >= 4 is 15.9 Å². The minimum absolute atomic E-state index is 0.0676. The molecule has 0 bridgehead atoms. The van der Waals surface area contributed by atoms with E-state index in [9.17, 15) is 13.2 Å². The van der Waals surface area contributed by atoms with Crippen LogP contribution in [0.2, 0.25) is 0 Å². The SMILES string of the molecule is CCO[C@H]1CCCN(C(=O)C2(NS(C)(=O)=O)CCCCC2)C1. The van der Waals surface area contributed by atoms with Gasteiger partial charge < -0.3 is 9.64 Å². The van der Waals surface area contributed by atoms with Gasteiger partial charge in [0.25, 0.3) is 0 Å². The van der Waals surface area contributed by atoms with Crippen molar-refractivity contribution in [1.82, 2.24) is 9.62 Å². The normalized spacial score (nSPS) is 25.9. The van der Waals surface area contributed by atoms with E-state index < -0.39 is 15.6 Å². The molecule has 6 nitrogen and oxygen atoms in total. The van der Waals surface area contributed by atoms with Gasteiger partial charge in [0, 0.05) is 19.7 Å². The van der Waals surface area contributed by atoms with Gasteiger partial charge in [-0.25, -0.2) is 8.42 Å². The Morgan fingerprint density at radius 2 is 1.95 bits per heavy atom. The number of piperidine rings is 1. The number of amides is 1. The molecule has 0 radical (unpaired) electrons. The van der Waals surface area contributed by atoms with Gasteiger partial charge in [0.1, 0.15) is 5.54 Å². The second-order valence-corrected chi connectivity index (χ2v) is 8.24. The lowest BCUT2D eigenvalue weighted by Gasteiger charge is -2.42. The first-order valence-corrected chi connectivity index (χ1v) is 10.2. The van der Waals surface area contributed by atoms with E-state index in [1.807, 2.05) is 6.92 Å². The molecule has 7 heteroatoms. The van der Waals surface area contributed by atoms with Crippen molar-refractivity contribution in [2.75, 3.05) is 26.0 Å². The Bertz CT molecular complexity index is 484. The minimum atomic E-state index is -3.42. The Kier molecular flexibility index (Phi) is 5.85. The first-order valence-electron chi connectivity index (χ1n) is 8.26. The molecule has 2 aliphatic rings. The van der Waals surface area contributed by atoms with Crippen molar-refractivity contribution in [2.24, 2.45) is 0 Å². The van der Waals surface area contributed by atoms with Gasteiger partial charge >= 0.3 is 0 Å². The van der Waals surface area contributed by atoms with Crippen LogP contribution in [0.15, 0.2) is 0 Å². The van der Waals surface area contributed by atoms with Crippen LogP contribution in [-0.2, 0) is 19.6 Å². The van der Waals surface area contributed by atoms with Gasteiger partial charge in [-0.05, 0) is 32.6 Å². The maximum Gasteiger partial charge on any atom is 0.243 e. The highest BCUT2D eigenvalue weighted by molar-refractivity contribution is 7.88. The van der Waals surface area contributed by atoms with Crippen LogP contribution in [0.25, 0.3) is 0 Å². The number of carbonyl (C=O) groups excluding carboxylic acids is 1. The highest BCUT2D eigenvalue weighted by atomic mass is 32.2. The van der Waals surface area contributed by atoms with Gasteiger partial charge in [-0.1, -0.05) is 19.3 Å². The smallest absolute Gasteiger partial charge is 0.243 e. The monoisotopic (exact) mass is 332 g/mol. The number of hydrogen-bond donors (Lipinski definition) is 1. The molecule has 2 rings (SSSR count).